The molecule has 0 aromatic rings. The summed E-state index contributed by atoms with van der Waals surface area (Å²) in [5.74, 6) is 0. The van der Waals surface area contributed by atoms with E-state index in [1.807, 2.05) is 26.0 Å². The molecule has 0 N–H and O–H groups in total. The second-order valence-electron chi connectivity index (χ2n) is 1.99. The lowest BCUT2D eigenvalue weighted by molar-refractivity contribution is 1.36. The summed E-state index contributed by atoms with van der Waals surface area (Å²) < 4.78 is 0. The fourth-order valence-electron chi connectivity index (χ4n) is 0.359. The molecule has 0 aliphatic carbocycles. The van der Waals surface area contributed by atoms with Gasteiger partial charge in [0.2, 0.25) is 0 Å². The quantitative estimate of drug-likeness (QED) is 0.404. The fraction of sp³-hybridized carbons (Fsp3) is 0.375. The molecule has 1 nitrogen and oxygen atoms in total. The van der Waals surface area contributed by atoms with E-state index in [1.54, 1.807) is 6.20 Å². The lowest BCUT2D eigenvalue weighted by atomic mass is 10.4. The van der Waals surface area contributed by atoms with E-state index >= 15 is 0 Å². The van der Waals surface area contributed by atoms with Crippen molar-refractivity contribution in [3.8, 4) is 0 Å². The first-order chi connectivity index (χ1) is 4.27. The van der Waals surface area contributed by atoms with E-state index in [4.69, 9.17) is 0 Å². The normalized spacial score (nSPS) is 9.56. The SMILES string of the molecule is C=CCC=CN=C(C)C. The molecule has 0 aliphatic rings. The molecule has 0 unspecified atom stereocenters. The van der Waals surface area contributed by atoms with E-state index in [0.717, 1.165) is 12.1 Å². The number of aliphatic imine (C=N–C) groups is 1. The van der Waals surface area contributed by atoms with Crippen molar-refractivity contribution in [2.45, 2.75) is 20.3 Å². The molecule has 0 fully saturated rings. The Morgan fingerprint density at radius 2 is 2.22 bits per heavy atom. The van der Waals surface area contributed by atoms with Crippen LogP contribution in [0.25, 0.3) is 0 Å². The van der Waals surface area contributed by atoms with Crippen LogP contribution >= 0.6 is 0 Å². The Kier molecular flexibility index (Phi) is 4.79. The van der Waals surface area contributed by atoms with Crippen molar-refractivity contribution in [2.75, 3.05) is 0 Å². The van der Waals surface area contributed by atoms with Crippen LogP contribution < -0.4 is 0 Å². The zero-order chi connectivity index (χ0) is 7.11. The van der Waals surface area contributed by atoms with Crippen LogP contribution in [-0.2, 0) is 0 Å². The molecule has 0 bridgehead atoms. The van der Waals surface area contributed by atoms with E-state index in [9.17, 15) is 0 Å². The first kappa shape index (κ1) is 8.15. The van der Waals surface area contributed by atoms with E-state index < -0.39 is 0 Å². The number of hydrogen-bond acceptors (Lipinski definition) is 1. The monoisotopic (exact) mass is 123 g/mol. The van der Waals surface area contributed by atoms with Gasteiger partial charge in [-0.2, -0.15) is 0 Å². The molecule has 0 saturated heterocycles. The van der Waals surface area contributed by atoms with Crippen LogP contribution in [0.5, 0.6) is 0 Å². The van der Waals surface area contributed by atoms with Gasteiger partial charge in [-0.05, 0) is 20.3 Å². The summed E-state index contributed by atoms with van der Waals surface area (Å²) in [6.07, 6.45) is 6.52. The maximum Gasteiger partial charge on any atom is 0.0230 e. The van der Waals surface area contributed by atoms with Crippen LogP contribution in [0.1, 0.15) is 20.3 Å². The van der Waals surface area contributed by atoms with E-state index in [0.29, 0.717) is 0 Å². The molecule has 0 rings (SSSR count). The molecular formula is C8H13N. The smallest absolute Gasteiger partial charge is 0.0230 e. The molecule has 0 saturated carbocycles. The first-order valence-corrected chi connectivity index (χ1v) is 3.04. The zero-order valence-corrected chi connectivity index (χ0v) is 6.09. The second-order valence-corrected chi connectivity index (χ2v) is 1.99. The highest BCUT2D eigenvalue weighted by Gasteiger charge is 1.69. The Morgan fingerprint density at radius 3 is 2.67 bits per heavy atom. The summed E-state index contributed by atoms with van der Waals surface area (Å²) in [6.45, 7) is 7.52. The largest absolute Gasteiger partial charge is 0.267 e. The lowest BCUT2D eigenvalue weighted by Gasteiger charge is -1.80. The predicted octanol–water partition coefficient (Wildman–Crippen LogP) is 2.56. The summed E-state index contributed by atoms with van der Waals surface area (Å²) in [5, 5.41) is 0. The number of nitrogens with zero attached hydrogens (tertiary/aromatic N) is 1. The van der Waals surface area contributed by atoms with Crippen molar-refractivity contribution in [2.24, 2.45) is 4.99 Å². The van der Waals surface area contributed by atoms with Gasteiger partial charge in [-0.25, -0.2) is 0 Å². The number of hydrogen-bond donors (Lipinski definition) is 0. The van der Waals surface area contributed by atoms with Gasteiger partial charge in [-0.15, -0.1) is 6.58 Å². The molecule has 50 valence electrons. The topological polar surface area (TPSA) is 12.4 Å². The van der Waals surface area contributed by atoms with E-state index in [-0.39, 0.29) is 0 Å². The Bertz CT molecular complexity index is 128. The fourth-order valence-corrected chi connectivity index (χ4v) is 0.359. The van der Waals surface area contributed by atoms with Crippen LogP contribution in [0, 0.1) is 0 Å². The predicted molar refractivity (Wildman–Crippen MR) is 42.7 cm³/mol. The Labute approximate surface area is 56.8 Å². The number of rotatable bonds is 3. The standard InChI is InChI=1S/C8H13N/c1-4-5-6-7-9-8(2)3/h4,6-7H,1,5H2,2-3H3. The summed E-state index contributed by atoms with van der Waals surface area (Å²) in [7, 11) is 0. The molecule has 0 amide bonds. The van der Waals surface area contributed by atoms with Crippen molar-refractivity contribution in [1.82, 2.24) is 0 Å². The van der Waals surface area contributed by atoms with Crippen LogP contribution in [0.2, 0.25) is 0 Å². The minimum atomic E-state index is 0.900. The van der Waals surface area contributed by atoms with Gasteiger partial charge in [0, 0.05) is 11.9 Å². The van der Waals surface area contributed by atoms with Crippen molar-refractivity contribution in [3.05, 3.63) is 24.9 Å². The maximum atomic E-state index is 4.05. The molecule has 0 spiro atoms. The summed E-state index contributed by atoms with van der Waals surface area (Å²) >= 11 is 0. The minimum Gasteiger partial charge on any atom is -0.267 e. The van der Waals surface area contributed by atoms with Gasteiger partial charge in [0.1, 0.15) is 0 Å². The zero-order valence-electron chi connectivity index (χ0n) is 6.09. The molecular weight excluding hydrogens is 110 g/mol. The van der Waals surface area contributed by atoms with Gasteiger partial charge in [-0.3, -0.25) is 4.99 Å². The minimum absolute atomic E-state index is 0.900. The first-order valence-electron chi connectivity index (χ1n) is 3.04. The van der Waals surface area contributed by atoms with Crippen molar-refractivity contribution in [3.63, 3.8) is 0 Å². The van der Waals surface area contributed by atoms with Crippen LogP contribution in [0.15, 0.2) is 29.9 Å². The summed E-state index contributed by atoms with van der Waals surface area (Å²) in [5.41, 5.74) is 1.08. The van der Waals surface area contributed by atoms with Crippen molar-refractivity contribution >= 4 is 5.71 Å². The Hall–Kier alpha value is -0.850. The van der Waals surface area contributed by atoms with Gasteiger partial charge in [0.25, 0.3) is 0 Å². The average molecular weight is 123 g/mol. The van der Waals surface area contributed by atoms with Crippen LogP contribution in [0.3, 0.4) is 0 Å². The molecule has 0 radical (unpaired) electrons. The third kappa shape index (κ3) is 7.15. The molecule has 0 aliphatic heterocycles. The highest BCUT2D eigenvalue weighted by atomic mass is 14.7. The summed E-state index contributed by atoms with van der Waals surface area (Å²) in [4.78, 5) is 4.05. The van der Waals surface area contributed by atoms with Gasteiger partial charge < -0.3 is 0 Å². The van der Waals surface area contributed by atoms with Crippen LogP contribution in [-0.4, -0.2) is 5.71 Å². The molecule has 1 heteroatoms. The Balaban J connectivity index is 3.47. The van der Waals surface area contributed by atoms with Gasteiger partial charge in [0.15, 0.2) is 0 Å². The summed E-state index contributed by atoms with van der Waals surface area (Å²) in [6, 6.07) is 0. The molecule has 0 aromatic heterocycles. The van der Waals surface area contributed by atoms with Gasteiger partial charge >= 0.3 is 0 Å². The van der Waals surface area contributed by atoms with E-state index in [1.165, 1.54) is 0 Å². The molecule has 9 heavy (non-hydrogen) atoms. The van der Waals surface area contributed by atoms with Crippen LogP contribution in [0.4, 0.5) is 0 Å². The molecule has 0 aromatic carbocycles. The lowest BCUT2D eigenvalue weighted by Crippen LogP contribution is -1.74. The highest BCUT2D eigenvalue weighted by molar-refractivity contribution is 5.79. The number of allylic oxidation sites excluding steroid dienone is 2. The highest BCUT2D eigenvalue weighted by Crippen LogP contribution is 1.84. The van der Waals surface area contributed by atoms with Crippen molar-refractivity contribution in [1.29, 1.82) is 0 Å². The van der Waals surface area contributed by atoms with Gasteiger partial charge in [-0.1, -0.05) is 12.2 Å². The maximum absolute atomic E-state index is 4.05. The van der Waals surface area contributed by atoms with E-state index in [2.05, 4.69) is 11.6 Å². The van der Waals surface area contributed by atoms with Gasteiger partial charge in [0.05, 0.1) is 0 Å². The molecule has 0 atom stereocenters. The second kappa shape index (κ2) is 5.29. The Morgan fingerprint density at radius 1 is 1.56 bits per heavy atom. The molecule has 0 heterocycles. The van der Waals surface area contributed by atoms with Crippen molar-refractivity contribution < 1.29 is 0 Å². The third-order valence-corrected chi connectivity index (χ3v) is 0.741. The average Bonchev–Trinajstić information content (AvgIpc) is 1.80. The third-order valence-electron chi connectivity index (χ3n) is 0.741.